The van der Waals surface area contributed by atoms with Crippen LogP contribution < -0.4 is 0 Å². The number of fused-ring (bicyclic) bond motifs is 3. The quantitative estimate of drug-likeness (QED) is 0.765. The lowest BCUT2D eigenvalue weighted by molar-refractivity contribution is -0.343. The van der Waals surface area contributed by atoms with Crippen LogP contribution in [0, 0.1) is 0 Å². The van der Waals surface area contributed by atoms with Crippen molar-refractivity contribution in [1.29, 1.82) is 0 Å². The van der Waals surface area contributed by atoms with Gasteiger partial charge in [-0.2, -0.15) is 0 Å². The topological polar surface area (TPSA) is 55.4 Å². The molecule has 0 N–H and O–H groups in total. The Morgan fingerprint density at radius 2 is 1.82 bits per heavy atom. The van der Waals surface area contributed by atoms with Gasteiger partial charge in [-0.25, -0.2) is 0 Å². The van der Waals surface area contributed by atoms with E-state index in [2.05, 4.69) is 0 Å². The third-order valence-electron chi connectivity index (χ3n) is 4.05. The maximum Gasteiger partial charge on any atom is 0.353 e. The van der Waals surface area contributed by atoms with E-state index < -0.39 is 18.7 Å². The Balaban J connectivity index is 1.56. The zero-order valence-corrected chi connectivity index (χ0v) is 12.7. The van der Waals surface area contributed by atoms with E-state index in [0.29, 0.717) is 6.61 Å². The van der Waals surface area contributed by atoms with E-state index in [0.717, 1.165) is 5.56 Å². The minimum Gasteiger partial charge on any atom is -0.446 e. The van der Waals surface area contributed by atoms with E-state index in [-0.39, 0.29) is 23.5 Å². The fraction of sp³-hybridized carbons (Fsp3) is 0.533. The minimum atomic E-state index is -0.549. The van der Waals surface area contributed by atoms with E-state index in [9.17, 15) is 0 Å². The summed E-state index contributed by atoms with van der Waals surface area (Å²) in [6.45, 7) is 0.392. The summed E-state index contributed by atoms with van der Waals surface area (Å²) in [5.41, 5.74) is 0.952. The van der Waals surface area contributed by atoms with E-state index in [1.165, 1.54) is 0 Å². The Bertz CT molecular complexity index is 552. The Hall–Kier alpha value is -1.25. The molecule has 0 aliphatic carbocycles. The molecule has 0 aromatic heterocycles. The second-order valence-corrected chi connectivity index (χ2v) is 5.70. The molecule has 7 heteroatoms. The van der Waals surface area contributed by atoms with Crippen LogP contribution in [0.5, 0.6) is 0 Å². The van der Waals surface area contributed by atoms with Gasteiger partial charge in [0.1, 0.15) is 12.2 Å². The largest absolute Gasteiger partial charge is 0.446 e. The molecule has 6 nitrogen and oxygen atoms in total. The molecule has 1 aromatic carbocycles. The molecular formula is C15H16O6S. The standard InChI is InChI=1S/C15H16O6S/c1-16-14-12-11(20-15(22)21-12)10-9(18-14)7-17-13(19-10)8-5-3-2-4-6-8/h2-6,9-14H,7H2,1H3/t9-,10-,11+,12-,13-,14-/m0/s1. The average molecular weight is 324 g/mol. The highest BCUT2D eigenvalue weighted by Crippen LogP contribution is 2.38. The Labute approximate surface area is 133 Å². The highest BCUT2D eigenvalue weighted by Gasteiger charge is 2.56. The van der Waals surface area contributed by atoms with Crippen molar-refractivity contribution in [2.45, 2.75) is 37.0 Å². The zero-order chi connectivity index (χ0) is 15.1. The van der Waals surface area contributed by atoms with Gasteiger partial charge in [0.2, 0.25) is 0 Å². The lowest BCUT2D eigenvalue weighted by Crippen LogP contribution is -2.61. The molecule has 0 radical (unpaired) electrons. The van der Waals surface area contributed by atoms with E-state index in [1.54, 1.807) is 7.11 Å². The van der Waals surface area contributed by atoms with Crippen molar-refractivity contribution in [2.24, 2.45) is 0 Å². The SMILES string of the molecule is CO[C@H]1O[C@H]2CO[C@H](c3ccccc3)O[C@@H]2[C@H]2OC(=S)O[C@H]12. The molecule has 3 saturated heterocycles. The van der Waals surface area contributed by atoms with Crippen LogP contribution in [0.1, 0.15) is 11.9 Å². The summed E-state index contributed by atoms with van der Waals surface area (Å²) in [6.07, 6.45) is -2.39. The number of thiocarbonyl (C=S) groups is 1. The molecule has 1 aromatic rings. The van der Waals surface area contributed by atoms with Crippen LogP contribution in [0.3, 0.4) is 0 Å². The number of benzene rings is 1. The van der Waals surface area contributed by atoms with Crippen molar-refractivity contribution >= 4 is 17.5 Å². The predicted octanol–water partition coefficient (Wildman–Crippen LogP) is 1.54. The smallest absolute Gasteiger partial charge is 0.353 e. The van der Waals surface area contributed by atoms with Gasteiger partial charge < -0.3 is 28.4 Å². The van der Waals surface area contributed by atoms with Gasteiger partial charge in [-0.15, -0.1) is 0 Å². The molecule has 22 heavy (non-hydrogen) atoms. The van der Waals surface area contributed by atoms with Gasteiger partial charge in [0, 0.05) is 24.9 Å². The summed E-state index contributed by atoms with van der Waals surface area (Å²) in [6, 6.07) is 9.76. The van der Waals surface area contributed by atoms with Gasteiger partial charge >= 0.3 is 5.24 Å². The Kier molecular flexibility index (Phi) is 3.75. The summed E-state index contributed by atoms with van der Waals surface area (Å²) in [5, 5.41) is 0.104. The fourth-order valence-electron chi connectivity index (χ4n) is 3.03. The van der Waals surface area contributed by atoms with Crippen LogP contribution in [-0.2, 0) is 28.4 Å². The highest BCUT2D eigenvalue weighted by molar-refractivity contribution is 7.79. The molecule has 0 bridgehead atoms. The zero-order valence-electron chi connectivity index (χ0n) is 11.9. The first-order chi connectivity index (χ1) is 10.8. The molecule has 3 aliphatic heterocycles. The van der Waals surface area contributed by atoms with Crippen LogP contribution in [0.2, 0.25) is 0 Å². The van der Waals surface area contributed by atoms with E-state index in [1.807, 2.05) is 30.3 Å². The van der Waals surface area contributed by atoms with Crippen molar-refractivity contribution in [2.75, 3.05) is 13.7 Å². The van der Waals surface area contributed by atoms with Gasteiger partial charge in [-0.1, -0.05) is 30.3 Å². The molecule has 0 saturated carbocycles. The molecular weight excluding hydrogens is 308 g/mol. The molecule has 6 atom stereocenters. The van der Waals surface area contributed by atoms with Crippen LogP contribution in [0.25, 0.3) is 0 Å². The lowest BCUT2D eigenvalue weighted by atomic mass is 9.98. The second-order valence-electron chi connectivity index (χ2n) is 5.37. The third kappa shape index (κ3) is 2.39. The van der Waals surface area contributed by atoms with Gasteiger partial charge in [-0.3, -0.25) is 0 Å². The maximum absolute atomic E-state index is 6.06. The summed E-state index contributed by atoms with van der Waals surface area (Å²) < 4.78 is 34.1. The van der Waals surface area contributed by atoms with Crippen molar-refractivity contribution in [1.82, 2.24) is 0 Å². The molecule has 3 heterocycles. The molecule has 3 fully saturated rings. The highest BCUT2D eigenvalue weighted by atomic mass is 32.1. The summed E-state index contributed by atoms with van der Waals surface area (Å²) >= 11 is 5.01. The van der Waals surface area contributed by atoms with Gasteiger partial charge in [-0.05, 0) is 0 Å². The molecule has 118 valence electrons. The van der Waals surface area contributed by atoms with Crippen LogP contribution in [0.4, 0.5) is 0 Å². The minimum absolute atomic E-state index is 0.104. The number of hydrogen-bond donors (Lipinski definition) is 0. The van der Waals surface area contributed by atoms with Crippen LogP contribution >= 0.6 is 12.2 Å². The van der Waals surface area contributed by atoms with Crippen molar-refractivity contribution < 1.29 is 28.4 Å². The summed E-state index contributed by atoms with van der Waals surface area (Å²) in [7, 11) is 1.56. The van der Waals surface area contributed by atoms with E-state index in [4.69, 9.17) is 40.6 Å². The van der Waals surface area contributed by atoms with Gasteiger partial charge in [0.05, 0.1) is 6.61 Å². The van der Waals surface area contributed by atoms with Crippen molar-refractivity contribution in [3.05, 3.63) is 35.9 Å². The number of hydrogen-bond acceptors (Lipinski definition) is 7. The van der Waals surface area contributed by atoms with Crippen LogP contribution in [0.15, 0.2) is 30.3 Å². The molecule has 4 rings (SSSR count). The molecule has 0 unspecified atom stereocenters. The Morgan fingerprint density at radius 1 is 1.05 bits per heavy atom. The monoisotopic (exact) mass is 324 g/mol. The summed E-state index contributed by atoms with van der Waals surface area (Å²) in [4.78, 5) is 0. The lowest BCUT2D eigenvalue weighted by Gasteiger charge is -2.44. The first-order valence-electron chi connectivity index (χ1n) is 7.14. The summed E-state index contributed by atoms with van der Waals surface area (Å²) in [5.74, 6) is 0. The first-order valence-corrected chi connectivity index (χ1v) is 7.54. The number of rotatable bonds is 2. The Morgan fingerprint density at radius 3 is 2.59 bits per heavy atom. The first kappa shape index (κ1) is 14.3. The second kappa shape index (κ2) is 5.75. The number of ether oxygens (including phenoxy) is 6. The average Bonchev–Trinajstić information content (AvgIpc) is 2.96. The van der Waals surface area contributed by atoms with Crippen LogP contribution in [-0.4, -0.2) is 49.7 Å². The molecule has 3 aliphatic rings. The van der Waals surface area contributed by atoms with Gasteiger partial charge in [0.15, 0.2) is 24.8 Å². The van der Waals surface area contributed by atoms with Crippen molar-refractivity contribution in [3.8, 4) is 0 Å². The van der Waals surface area contributed by atoms with E-state index >= 15 is 0 Å². The fourth-order valence-corrected chi connectivity index (χ4v) is 3.25. The van der Waals surface area contributed by atoms with Gasteiger partial charge in [0.25, 0.3) is 0 Å². The molecule has 0 amide bonds. The number of methoxy groups -OCH3 is 1. The van der Waals surface area contributed by atoms with Crippen molar-refractivity contribution in [3.63, 3.8) is 0 Å². The predicted molar refractivity (Wildman–Crippen MR) is 78.0 cm³/mol. The normalized spacial score (nSPS) is 40.3. The maximum atomic E-state index is 6.06. The molecule has 0 spiro atoms. The third-order valence-corrected chi connectivity index (χ3v) is 4.24.